The summed E-state index contributed by atoms with van der Waals surface area (Å²) >= 11 is 0. The molecule has 0 aromatic heterocycles. The van der Waals surface area contributed by atoms with Gasteiger partial charge >= 0.3 is 5.97 Å². The molecule has 1 fully saturated rings. The zero-order valence-corrected chi connectivity index (χ0v) is 10.7. The average molecular weight is 262 g/mol. The molecule has 1 aromatic carbocycles. The van der Waals surface area contributed by atoms with E-state index in [9.17, 15) is 9.59 Å². The Kier molecular flexibility index (Phi) is 4.04. The summed E-state index contributed by atoms with van der Waals surface area (Å²) in [5.74, 6) is -1.03. The van der Waals surface area contributed by atoms with Crippen LogP contribution in [0.5, 0.6) is 0 Å². The van der Waals surface area contributed by atoms with E-state index in [1.807, 2.05) is 30.3 Å². The van der Waals surface area contributed by atoms with Crippen molar-refractivity contribution in [1.82, 2.24) is 5.32 Å². The van der Waals surface area contributed by atoms with Gasteiger partial charge in [0.15, 0.2) is 0 Å². The first-order chi connectivity index (χ1) is 9.10. The van der Waals surface area contributed by atoms with Crippen LogP contribution in [-0.4, -0.2) is 29.1 Å². The lowest BCUT2D eigenvalue weighted by Gasteiger charge is -2.41. The molecule has 0 atom stereocenters. The minimum Gasteiger partial charge on any atom is -0.481 e. The maximum absolute atomic E-state index is 11.8. The minimum atomic E-state index is -0.865. The molecule has 3 N–H and O–H groups in total. The first-order valence-corrected chi connectivity index (χ1v) is 6.41. The molecule has 0 radical (unpaired) electrons. The number of anilines is 1. The van der Waals surface area contributed by atoms with Crippen molar-refractivity contribution in [3.8, 4) is 0 Å². The van der Waals surface area contributed by atoms with E-state index in [1.54, 1.807) is 0 Å². The fourth-order valence-electron chi connectivity index (χ4n) is 2.32. The van der Waals surface area contributed by atoms with Gasteiger partial charge in [-0.3, -0.25) is 9.59 Å². The van der Waals surface area contributed by atoms with Gasteiger partial charge in [-0.15, -0.1) is 0 Å². The van der Waals surface area contributed by atoms with Crippen LogP contribution < -0.4 is 10.6 Å². The second kappa shape index (κ2) is 5.73. The molecule has 1 amide bonds. The van der Waals surface area contributed by atoms with Crippen LogP contribution in [-0.2, 0) is 9.59 Å². The van der Waals surface area contributed by atoms with Gasteiger partial charge in [-0.2, -0.15) is 0 Å². The van der Waals surface area contributed by atoms with Crippen molar-refractivity contribution < 1.29 is 14.7 Å². The summed E-state index contributed by atoms with van der Waals surface area (Å²) in [6.07, 6.45) is 2.47. The molecular weight excluding hydrogens is 244 g/mol. The lowest BCUT2D eigenvalue weighted by Crippen LogP contribution is -2.55. The normalized spacial score (nSPS) is 16.2. The number of rotatable bonds is 6. The second-order valence-electron chi connectivity index (χ2n) is 4.97. The Labute approximate surface area is 112 Å². The van der Waals surface area contributed by atoms with Crippen LogP contribution in [0.25, 0.3) is 0 Å². The molecule has 1 aliphatic rings. The third-order valence-corrected chi connectivity index (χ3v) is 3.43. The van der Waals surface area contributed by atoms with Crippen molar-refractivity contribution in [2.75, 3.05) is 11.9 Å². The summed E-state index contributed by atoms with van der Waals surface area (Å²) in [6.45, 7) is 0.158. The number of amides is 1. The molecule has 1 saturated carbocycles. The smallest absolute Gasteiger partial charge is 0.305 e. The van der Waals surface area contributed by atoms with E-state index >= 15 is 0 Å². The van der Waals surface area contributed by atoms with Gasteiger partial charge in [-0.25, -0.2) is 0 Å². The Morgan fingerprint density at radius 2 is 1.89 bits per heavy atom. The maximum Gasteiger partial charge on any atom is 0.305 e. The van der Waals surface area contributed by atoms with E-state index in [2.05, 4.69) is 10.6 Å². The molecule has 0 saturated heterocycles. The van der Waals surface area contributed by atoms with Gasteiger partial charge in [0.05, 0.1) is 18.5 Å². The Balaban J connectivity index is 1.82. The Morgan fingerprint density at radius 3 is 2.42 bits per heavy atom. The van der Waals surface area contributed by atoms with Crippen molar-refractivity contribution in [2.24, 2.45) is 0 Å². The summed E-state index contributed by atoms with van der Waals surface area (Å²) in [4.78, 5) is 22.6. The van der Waals surface area contributed by atoms with Crippen LogP contribution in [0.3, 0.4) is 0 Å². The molecule has 0 aliphatic heterocycles. The molecule has 19 heavy (non-hydrogen) atoms. The van der Waals surface area contributed by atoms with Crippen LogP contribution in [0.15, 0.2) is 30.3 Å². The highest BCUT2D eigenvalue weighted by Gasteiger charge is 2.40. The highest BCUT2D eigenvalue weighted by atomic mass is 16.4. The highest BCUT2D eigenvalue weighted by Crippen LogP contribution is 2.34. The van der Waals surface area contributed by atoms with E-state index < -0.39 is 11.5 Å². The number of para-hydroxylation sites is 1. The van der Waals surface area contributed by atoms with Crippen LogP contribution in [0.2, 0.25) is 0 Å². The van der Waals surface area contributed by atoms with Gasteiger partial charge in [0, 0.05) is 5.69 Å². The SMILES string of the molecule is O=C(O)CC1(NC(=O)CNc2ccccc2)CCC1. The lowest BCUT2D eigenvalue weighted by atomic mass is 9.74. The third kappa shape index (κ3) is 3.71. The molecule has 0 spiro atoms. The van der Waals surface area contributed by atoms with Gasteiger partial charge in [-0.1, -0.05) is 18.2 Å². The first-order valence-electron chi connectivity index (χ1n) is 6.41. The Hall–Kier alpha value is -2.04. The van der Waals surface area contributed by atoms with Crippen molar-refractivity contribution in [3.63, 3.8) is 0 Å². The standard InChI is InChI=1S/C14H18N2O3/c17-12(10-15-11-5-2-1-3-6-11)16-14(7-4-8-14)9-13(18)19/h1-3,5-6,15H,4,7-10H2,(H,16,17)(H,18,19). The van der Waals surface area contributed by atoms with Gasteiger partial charge < -0.3 is 15.7 Å². The van der Waals surface area contributed by atoms with E-state index in [1.165, 1.54) is 0 Å². The number of carboxylic acids is 1. The fourth-order valence-corrected chi connectivity index (χ4v) is 2.32. The predicted molar refractivity (Wildman–Crippen MR) is 71.9 cm³/mol. The highest BCUT2D eigenvalue weighted by molar-refractivity contribution is 5.82. The van der Waals surface area contributed by atoms with Crippen LogP contribution in [0.4, 0.5) is 5.69 Å². The largest absolute Gasteiger partial charge is 0.481 e. The molecule has 5 heteroatoms. The number of carbonyl (C=O) groups excluding carboxylic acids is 1. The van der Waals surface area contributed by atoms with Gasteiger partial charge in [0.1, 0.15) is 0 Å². The maximum atomic E-state index is 11.8. The molecular formula is C14H18N2O3. The summed E-state index contributed by atoms with van der Waals surface area (Å²) in [5, 5.41) is 14.7. The van der Waals surface area contributed by atoms with Crippen LogP contribution >= 0.6 is 0 Å². The number of aliphatic carboxylic acids is 1. The van der Waals surface area contributed by atoms with E-state index in [0.29, 0.717) is 0 Å². The Morgan fingerprint density at radius 1 is 1.21 bits per heavy atom. The molecule has 1 aliphatic carbocycles. The second-order valence-corrected chi connectivity index (χ2v) is 4.97. The molecule has 2 rings (SSSR count). The summed E-state index contributed by atoms with van der Waals surface area (Å²) in [6, 6.07) is 9.44. The van der Waals surface area contributed by atoms with Crippen molar-refractivity contribution in [1.29, 1.82) is 0 Å². The average Bonchev–Trinajstić information content (AvgIpc) is 2.34. The summed E-state index contributed by atoms with van der Waals surface area (Å²) in [5.41, 5.74) is 0.347. The number of benzene rings is 1. The van der Waals surface area contributed by atoms with E-state index in [0.717, 1.165) is 24.9 Å². The number of hydrogen-bond acceptors (Lipinski definition) is 3. The van der Waals surface area contributed by atoms with E-state index in [4.69, 9.17) is 5.11 Å². The quantitative estimate of drug-likeness (QED) is 0.728. The molecule has 0 bridgehead atoms. The molecule has 1 aromatic rings. The monoisotopic (exact) mass is 262 g/mol. The zero-order chi connectivity index (χ0) is 13.7. The number of carbonyl (C=O) groups is 2. The van der Waals surface area contributed by atoms with Gasteiger partial charge in [-0.05, 0) is 31.4 Å². The van der Waals surface area contributed by atoms with Gasteiger partial charge in [0.2, 0.25) is 5.91 Å². The van der Waals surface area contributed by atoms with Crippen molar-refractivity contribution in [3.05, 3.63) is 30.3 Å². The van der Waals surface area contributed by atoms with E-state index in [-0.39, 0.29) is 18.9 Å². The van der Waals surface area contributed by atoms with Crippen LogP contribution in [0.1, 0.15) is 25.7 Å². The lowest BCUT2D eigenvalue weighted by molar-refractivity contribution is -0.140. The number of nitrogens with one attached hydrogen (secondary N) is 2. The van der Waals surface area contributed by atoms with Crippen molar-refractivity contribution in [2.45, 2.75) is 31.2 Å². The fraction of sp³-hybridized carbons (Fsp3) is 0.429. The first kappa shape index (κ1) is 13.4. The summed E-state index contributed by atoms with van der Waals surface area (Å²) in [7, 11) is 0. The van der Waals surface area contributed by atoms with Gasteiger partial charge in [0.25, 0.3) is 0 Å². The number of hydrogen-bond donors (Lipinski definition) is 3. The van der Waals surface area contributed by atoms with Crippen molar-refractivity contribution >= 4 is 17.6 Å². The predicted octanol–water partition coefficient (Wildman–Crippen LogP) is 1.61. The molecule has 0 unspecified atom stereocenters. The molecule has 0 heterocycles. The topological polar surface area (TPSA) is 78.4 Å². The Bertz CT molecular complexity index is 455. The van der Waals surface area contributed by atoms with Crippen LogP contribution in [0, 0.1) is 0 Å². The third-order valence-electron chi connectivity index (χ3n) is 3.43. The minimum absolute atomic E-state index is 0.00404. The molecule has 5 nitrogen and oxygen atoms in total. The summed E-state index contributed by atoms with van der Waals surface area (Å²) < 4.78 is 0. The zero-order valence-electron chi connectivity index (χ0n) is 10.7. The molecule has 102 valence electrons. The number of carboxylic acid groups (broad SMARTS) is 1.